The van der Waals surface area contributed by atoms with E-state index in [1.54, 1.807) is 13.2 Å². The minimum absolute atomic E-state index is 0.122. The Morgan fingerprint density at radius 3 is 2.80 bits per heavy atom. The molecule has 0 saturated carbocycles. The molecule has 2 N–H and O–H groups in total. The van der Waals surface area contributed by atoms with Crippen LogP contribution in [0.15, 0.2) is 12.3 Å². The fourth-order valence-electron chi connectivity index (χ4n) is 1.37. The molecule has 0 unspecified atom stereocenters. The normalized spacial score (nSPS) is 10.5. The van der Waals surface area contributed by atoms with E-state index in [0.29, 0.717) is 18.5 Å². The van der Waals surface area contributed by atoms with Gasteiger partial charge >= 0.3 is 0 Å². The number of rotatable bonds is 5. The Kier molecular flexibility index (Phi) is 4.30. The summed E-state index contributed by atoms with van der Waals surface area (Å²) < 4.78 is 0. The van der Waals surface area contributed by atoms with E-state index >= 15 is 0 Å². The molecule has 0 spiro atoms. The highest BCUT2D eigenvalue weighted by Crippen LogP contribution is 2.14. The highest BCUT2D eigenvalue weighted by molar-refractivity contribution is 5.42. The first kappa shape index (κ1) is 11.7. The van der Waals surface area contributed by atoms with E-state index < -0.39 is 0 Å². The molecule has 0 amide bonds. The van der Waals surface area contributed by atoms with Crippen LogP contribution in [0.1, 0.15) is 13.8 Å². The molecule has 1 rings (SSSR count). The van der Waals surface area contributed by atoms with Crippen LogP contribution in [-0.2, 0) is 0 Å². The summed E-state index contributed by atoms with van der Waals surface area (Å²) in [5.41, 5.74) is 0. The molecule has 0 aromatic carbocycles. The van der Waals surface area contributed by atoms with E-state index in [2.05, 4.69) is 29.1 Å². The third-order valence-corrected chi connectivity index (χ3v) is 2.12. The smallest absolute Gasteiger partial charge is 0.224 e. The number of aromatic nitrogens is 2. The quantitative estimate of drug-likeness (QED) is 0.750. The maximum absolute atomic E-state index is 8.97. The lowest BCUT2D eigenvalue weighted by Crippen LogP contribution is -2.34. The third kappa shape index (κ3) is 3.06. The number of hydrogen-bond donors (Lipinski definition) is 2. The summed E-state index contributed by atoms with van der Waals surface area (Å²) in [6.45, 7) is 4.84. The van der Waals surface area contributed by atoms with Crippen molar-refractivity contribution in [2.75, 3.05) is 30.4 Å². The van der Waals surface area contributed by atoms with Crippen LogP contribution >= 0.6 is 0 Å². The average Bonchev–Trinajstić information content (AvgIpc) is 2.25. The largest absolute Gasteiger partial charge is 0.395 e. The SMILES string of the molecule is CNc1nccc(N(CCO)C(C)C)n1. The second kappa shape index (κ2) is 5.50. The molecule has 0 atom stereocenters. The van der Waals surface area contributed by atoms with Gasteiger partial charge in [-0.25, -0.2) is 4.98 Å². The molecule has 1 aromatic heterocycles. The Morgan fingerprint density at radius 1 is 1.53 bits per heavy atom. The van der Waals surface area contributed by atoms with E-state index in [1.807, 2.05) is 11.0 Å². The summed E-state index contributed by atoms with van der Waals surface area (Å²) in [7, 11) is 1.78. The van der Waals surface area contributed by atoms with Crippen LogP contribution in [-0.4, -0.2) is 41.3 Å². The lowest BCUT2D eigenvalue weighted by Gasteiger charge is -2.26. The van der Waals surface area contributed by atoms with Crippen LogP contribution in [0, 0.1) is 0 Å². The number of nitrogens with zero attached hydrogens (tertiary/aromatic N) is 3. The van der Waals surface area contributed by atoms with Crippen molar-refractivity contribution in [2.45, 2.75) is 19.9 Å². The Balaban J connectivity index is 2.89. The van der Waals surface area contributed by atoms with Gasteiger partial charge in [0.2, 0.25) is 5.95 Å². The number of nitrogens with one attached hydrogen (secondary N) is 1. The van der Waals surface area contributed by atoms with Gasteiger partial charge < -0.3 is 15.3 Å². The summed E-state index contributed by atoms with van der Waals surface area (Å²) >= 11 is 0. The van der Waals surface area contributed by atoms with Gasteiger partial charge in [0.15, 0.2) is 0 Å². The van der Waals surface area contributed by atoms with Crippen LogP contribution in [0.25, 0.3) is 0 Å². The first-order valence-corrected chi connectivity index (χ1v) is 5.07. The number of anilines is 2. The number of aliphatic hydroxyl groups is 1. The Labute approximate surface area is 90.2 Å². The van der Waals surface area contributed by atoms with E-state index in [4.69, 9.17) is 5.11 Å². The first-order chi connectivity index (χ1) is 7.19. The molecule has 84 valence electrons. The van der Waals surface area contributed by atoms with Crippen molar-refractivity contribution in [1.82, 2.24) is 9.97 Å². The van der Waals surface area contributed by atoms with Gasteiger partial charge in [-0.1, -0.05) is 0 Å². The first-order valence-electron chi connectivity index (χ1n) is 5.07. The van der Waals surface area contributed by atoms with Crippen LogP contribution in [0.2, 0.25) is 0 Å². The van der Waals surface area contributed by atoms with E-state index in [1.165, 1.54) is 0 Å². The van der Waals surface area contributed by atoms with Gasteiger partial charge in [-0.15, -0.1) is 0 Å². The predicted octanol–water partition coefficient (Wildman–Crippen LogP) is 0.725. The number of hydrogen-bond acceptors (Lipinski definition) is 5. The van der Waals surface area contributed by atoms with E-state index in [-0.39, 0.29) is 6.61 Å². The van der Waals surface area contributed by atoms with Crippen molar-refractivity contribution in [2.24, 2.45) is 0 Å². The molecule has 15 heavy (non-hydrogen) atoms. The fourth-order valence-corrected chi connectivity index (χ4v) is 1.37. The molecule has 5 heteroatoms. The monoisotopic (exact) mass is 210 g/mol. The summed E-state index contributed by atoms with van der Waals surface area (Å²) in [5.74, 6) is 1.43. The van der Waals surface area contributed by atoms with Crippen LogP contribution in [0.5, 0.6) is 0 Å². The molecule has 5 nitrogen and oxygen atoms in total. The van der Waals surface area contributed by atoms with Gasteiger partial charge in [0.1, 0.15) is 5.82 Å². The summed E-state index contributed by atoms with van der Waals surface area (Å²) in [5, 5.41) is 11.9. The van der Waals surface area contributed by atoms with Crippen molar-refractivity contribution in [3.05, 3.63) is 12.3 Å². The van der Waals surface area contributed by atoms with Crippen molar-refractivity contribution in [1.29, 1.82) is 0 Å². The highest BCUT2D eigenvalue weighted by atomic mass is 16.3. The maximum Gasteiger partial charge on any atom is 0.224 e. The van der Waals surface area contributed by atoms with Gasteiger partial charge in [-0.05, 0) is 19.9 Å². The standard InChI is InChI=1S/C10H18N4O/c1-8(2)14(6-7-15)9-4-5-12-10(11-3)13-9/h4-5,8,15H,6-7H2,1-3H3,(H,11,12,13). The van der Waals surface area contributed by atoms with Crippen LogP contribution < -0.4 is 10.2 Å². The van der Waals surface area contributed by atoms with Crippen LogP contribution in [0.4, 0.5) is 11.8 Å². The van der Waals surface area contributed by atoms with E-state index in [9.17, 15) is 0 Å². The zero-order chi connectivity index (χ0) is 11.3. The molecule has 0 aliphatic rings. The molecular weight excluding hydrogens is 192 g/mol. The van der Waals surface area contributed by atoms with Gasteiger partial charge in [0.25, 0.3) is 0 Å². The zero-order valence-corrected chi connectivity index (χ0v) is 9.44. The third-order valence-electron chi connectivity index (χ3n) is 2.12. The molecule has 1 aromatic rings. The van der Waals surface area contributed by atoms with Crippen LogP contribution in [0.3, 0.4) is 0 Å². The van der Waals surface area contributed by atoms with Gasteiger partial charge in [-0.3, -0.25) is 0 Å². The molecule has 0 aliphatic carbocycles. The topological polar surface area (TPSA) is 61.3 Å². The molecule has 0 radical (unpaired) electrons. The lowest BCUT2D eigenvalue weighted by atomic mass is 10.3. The Morgan fingerprint density at radius 2 is 2.27 bits per heavy atom. The number of aliphatic hydroxyl groups excluding tert-OH is 1. The van der Waals surface area contributed by atoms with Gasteiger partial charge in [0, 0.05) is 25.8 Å². The van der Waals surface area contributed by atoms with Gasteiger partial charge in [-0.2, -0.15) is 4.98 Å². The van der Waals surface area contributed by atoms with Crippen molar-refractivity contribution >= 4 is 11.8 Å². The molecule has 0 saturated heterocycles. The molecule has 0 aliphatic heterocycles. The summed E-state index contributed by atoms with van der Waals surface area (Å²) in [4.78, 5) is 10.4. The molecule has 0 bridgehead atoms. The minimum Gasteiger partial charge on any atom is -0.395 e. The average molecular weight is 210 g/mol. The molecule has 1 heterocycles. The zero-order valence-electron chi connectivity index (χ0n) is 9.44. The second-order valence-corrected chi connectivity index (χ2v) is 3.50. The molecular formula is C10H18N4O. The lowest BCUT2D eigenvalue weighted by molar-refractivity contribution is 0.298. The highest BCUT2D eigenvalue weighted by Gasteiger charge is 2.11. The summed E-state index contributed by atoms with van der Waals surface area (Å²) in [6.07, 6.45) is 1.71. The molecule has 0 fully saturated rings. The van der Waals surface area contributed by atoms with Crippen molar-refractivity contribution in [3.8, 4) is 0 Å². The summed E-state index contributed by atoms with van der Waals surface area (Å²) in [6, 6.07) is 2.15. The fraction of sp³-hybridized carbons (Fsp3) is 0.600. The predicted molar refractivity (Wildman–Crippen MR) is 61.1 cm³/mol. The Hall–Kier alpha value is -1.36. The maximum atomic E-state index is 8.97. The minimum atomic E-state index is 0.122. The van der Waals surface area contributed by atoms with Crippen molar-refractivity contribution in [3.63, 3.8) is 0 Å². The second-order valence-electron chi connectivity index (χ2n) is 3.50. The Bertz CT molecular complexity index is 303. The van der Waals surface area contributed by atoms with Crippen molar-refractivity contribution < 1.29 is 5.11 Å². The van der Waals surface area contributed by atoms with Gasteiger partial charge in [0.05, 0.1) is 6.61 Å². The van der Waals surface area contributed by atoms with E-state index in [0.717, 1.165) is 5.82 Å².